The molecule has 0 saturated carbocycles. The van der Waals surface area contributed by atoms with E-state index in [4.69, 9.17) is 0 Å². The summed E-state index contributed by atoms with van der Waals surface area (Å²) in [5.74, 6) is 0.149. The number of likely N-dealkylation sites (tertiary alicyclic amines) is 1. The normalized spacial score (nSPS) is 18.2. The number of aromatic nitrogens is 4. The van der Waals surface area contributed by atoms with Crippen molar-refractivity contribution in [1.82, 2.24) is 24.5 Å². The van der Waals surface area contributed by atoms with E-state index >= 15 is 0 Å². The molecule has 6 heteroatoms. The lowest BCUT2D eigenvalue weighted by molar-refractivity contribution is -0.130. The van der Waals surface area contributed by atoms with Crippen molar-refractivity contribution in [3.8, 4) is 0 Å². The molecule has 0 N–H and O–H groups in total. The zero-order chi connectivity index (χ0) is 14.9. The van der Waals surface area contributed by atoms with Gasteiger partial charge in [0.15, 0.2) is 0 Å². The largest absolute Gasteiger partial charge is 0.339 e. The summed E-state index contributed by atoms with van der Waals surface area (Å²) in [5.41, 5.74) is 1.10. The van der Waals surface area contributed by atoms with Gasteiger partial charge >= 0.3 is 0 Å². The van der Waals surface area contributed by atoms with E-state index in [-0.39, 0.29) is 11.9 Å². The van der Waals surface area contributed by atoms with E-state index in [0.29, 0.717) is 13.1 Å². The van der Waals surface area contributed by atoms with E-state index in [1.165, 1.54) is 0 Å². The zero-order valence-corrected chi connectivity index (χ0v) is 12.2. The molecule has 1 aliphatic heterocycles. The second-order valence-electron chi connectivity index (χ2n) is 5.63. The van der Waals surface area contributed by atoms with Crippen LogP contribution in [0.15, 0.2) is 48.9 Å². The van der Waals surface area contributed by atoms with E-state index in [9.17, 15) is 4.79 Å². The molecule has 1 saturated heterocycles. The minimum atomic E-state index is 0.149. The van der Waals surface area contributed by atoms with E-state index in [0.717, 1.165) is 23.9 Å². The maximum absolute atomic E-state index is 12.5. The Morgan fingerprint density at radius 2 is 2.00 bits per heavy atom. The van der Waals surface area contributed by atoms with Gasteiger partial charge in [-0.2, -0.15) is 15.0 Å². The van der Waals surface area contributed by atoms with Gasteiger partial charge in [0.1, 0.15) is 6.54 Å². The fraction of sp³-hybridized carbons (Fsp3) is 0.312. The number of para-hydroxylation sites is 1. The van der Waals surface area contributed by atoms with Gasteiger partial charge in [0.05, 0.1) is 18.4 Å². The number of fused-ring (bicyclic) bond motifs is 1. The molecule has 4 rings (SSSR count). The molecule has 1 fully saturated rings. The SMILES string of the molecule is O=C(Cn1ccc2ccccc21)N1CCC(n2nccn2)C1. The minimum Gasteiger partial charge on any atom is -0.339 e. The van der Waals surface area contributed by atoms with Gasteiger partial charge in [-0.1, -0.05) is 18.2 Å². The smallest absolute Gasteiger partial charge is 0.242 e. The molecule has 0 aliphatic carbocycles. The first-order valence-corrected chi connectivity index (χ1v) is 7.49. The molecule has 3 heterocycles. The average Bonchev–Trinajstić information content (AvgIpc) is 3.28. The van der Waals surface area contributed by atoms with Gasteiger partial charge in [0.2, 0.25) is 5.91 Å². The molecule has 2 aromatic heterocycles. The lowest BCUT2D eigenvalue weighted by atomic mass is 10.2. The van der Waals surface area contributed by atoms with E-state index in [1.807, 2.05) is 39.9 Å². The summed E-state index contributed by atoms with van der Waals surface area (Å²) in [6.07, 6.45) is 6.24. The number of hydrogen-bond acceptors (Lipinski definition) is 3. The first kappa shape index (κ1) is 13.1. The Kier molecular flexibility index (Phi) is 3.14. The summed E-state index contributed by atoms with van der Waals surface area (Å²) < 4.78 is 2.01. The summed E-state index contributed by atoms with van der Waals surface area (Å²) in [5, 5.41) is 9.50. The van der Waals surface area contributed by atoms with Crippen LogP contribution in [0.1, 0.15) is 12.5 Å². The maximum atomic E-state index is 12.5. The van der Waals surface area contributed by atoms with Crippen LogP contribution >= 0.6 is 0 Å². The van der Waals surface area contributed by atoms with E-state index < -0.39 is 0 Å². The first-order valence-electron chi connectivity index (χ1n) is 7.49. The van der Waals surface area contributed by atoms with Crippen molar-refractivity contribution in [2.24, 2.45) is 0 Å². The van der Waals surface area contributed by atoms with Gasteiger partial charge in [-0.15, -0.1) is 0 Å². The third-order valence-corrected chi connectivity index (χ3v) is 4.27. The van der Waals surface area contributed by atoms with Crippen LogP contribution < -0.4 is 0 Å². The van der Waals surface area contributed by atoms with Gasteiger partial charge in [0.25, 0.3) is 0 Å². The third kappa shape index (κ3) is 2.26. The lowest BCUT2D eigenvalue weighted by Gasteiger charge is -2.17. The van der Waals surface area contributed by atoms with Gasteiger partial charge < -0.3 is 9.47 Å². The molecule has 6 nitrogen and oxygen atoms in total. The highest BCUT2D eigenvalue weighted by Gasteiger charge is 2.28. The summed E-state index contributed by atoms with van der Waals surface area (Å²) in [4.78, 5) is 16.1. The van der Waals surface area contributed by atoms with Crippen molar-refractivity contribution in [1.29, 1.82) is 0 Å². The number of carbonyl (C=O) groups excluding carboxylic acids is 1. The first-order chi connectivity index (χ1) is 10.8. The molecular weight excluding hydrogens is 278 g/mol. The van der Waals surface area contributed by atoms with Crippen LogP contribution in [0.5, 0.6) is 0 Å². The second kappa shape index (κ2) is 5.29. The molecule has 1 atom stereocenters. The van der Waals surface area contributed by atoms with Crippen LogP contribution in [0.4, 0.5) is 0 Å². The molecule has 0 bridgehead atoms. The Balaban J connectivity index is 1.47. The van der Waals surface area contributed by atoms with Gasteiger partial charge in [-0.05, 0) is 23.9 Å². The van der Waals surface area contributed by atoms with Gasteiger partial charge in [-0.3, -0.25) is 4.79 Å². The molecular formula is C16H17N5O. The quantitative estimate of drug-likeness (QED) is 0.739. The number of amides is 1. The topological polar surface area (TPSA) is 56.0 Å². The highest BCUT2D eigenvalue weighted by molar-refractivity contribution is 5.83. The molecule has 1 unspecified atom stereocenters. The Bertz CT molecular complexity index is 792. The Hall–Kier alpha value is -2.63. The predicted octanol–water partition coefficient (Wildman–Crippen LogP) is 1.71. The lowest BCUT2D eigenvalue weighted by Crippen LogP contribution is -2.32. The Morgan fingerprint density at radius 1 is 1.18 bits per heavy atom. The Labute approximate surface area is 127 Å². The van der Waals surface area contributed by atoms with Crippen molar-refractivity contribution >= 4 is 16.8 Å². The number of benzene rings is 1. The molecule has 3 aromatic rings. The number of nitrogens with zero attached hydrogens (tertiary/aromatic N) is 5. The van der Waals surface area contributed by atoms with Crippen molar-refractivity contribution in [2.75, 3.05) is 13.1 Å². The van der Waals surface area contributed by atoms with Crippen molar-refractivity contribution in [3.05, 3.63) is 48.9 Å². The van der Waals surface area contributed by atoms with Crippen LogP contribution in [0.3, 0.4) is 0 Å². The fourth-order valence-electron chi connectivity index (χ4n) is 3.10. The minimum absolute atomic E-state index is 0.149. The van der Waals surface area contributed by atoms with Crippen LogP contribution in [0.25, 0.3) is 10.9 Å². The molecule has 1 amide bonds. The monoisotopic (exact) mass is 295 g/mol. The van der Waals surface area contributed by atoms with Crippen LogP contribution in [0, 0.1) is 0 Å². The average molecular weight is 295 g/mol. The fourth-order valence-corrected chi connectivity index (χ4v) is 3.10. The summed E-state index contributed by atoms with van der Waals surface area (Å²) in [6, 6.07) is 10.4. The molecule has 0 spiro atoms. The maximum Gasteiger partial charge on any atom is 0.242 e. The summed E-state index contributed by atoms with van der Waals surface area (Å²) >= 11 is 0. The van der Waals surface area contributed by atoms with Crippen LogP contribution in [0.2, 0.25) is 0 Å². The standard InChI is InChI=1S/C16H17N5O/c22-16(12-19-9-5-13-3-1-2-4-15(13)19)20-10-6-14(11-20)21-17-7-8-18-21/h1-5,7-9,14H,6,10-12H2. The van der Waals surface area contributed by atoms with Crippen LogP contribution in [-0.2, 0) is 11.3 Å². The summed E-state index contributed by atoms with van der Waals surface area (Å²) in [6.45, 7) is 1.84. The summed E-state index contributed by atoms with van der Waals surface area (Å²) in [7, 11) is 0. The number of rotatable bonds is 3. The van der Waals surface area contributed by atoms with Crippen molar-refractivity contribution < 1.29 is 4.79 Å². The van der Waals surface area contributed by atoms with Crippen LogP contribution in [-0.4, -0.2) is 43.5 Å². The van der Waals surface area contributed by atoms with E-state index in [1.54, 1.807) is 17.2 Å². The van der Waals surface area contributed by atoms with Gasteiger partial charge in [-0.25, -0.2) is 0 Å². The number of hydrogen-bond donors (Lipinski definition) is 0. The highest BCUT2D eigenvalue weighted by Crippen LogP contribution is 2.21. The van der Waals surface area contributed by atoms with E-state index in [2.05, 4.69) is 16.3 Å². The van der Waals surface area contributed by atoms with Crippen molar-refractivity contribution in [2.45, 2.75) is 19.0 Å². The highest BCUT2D eigenvalue weighted by atomic mass is 16.2. The Morgan fingerprint density at radius 3 is 2.86 bits per heavy atom. The molecule has 1 aliphatic rings. The third-order valence-electron chi connectivity index (χ3n) is 4.27. The number of carbonyl (C=O) groups is 1. The predicted molar refractivity (Wildman–Crippen MR) is 82.2 cm³/mol. The molecule has 1 aromatic carbocycles. The molecule has 0 radical (unpaired) electrons. The van der Waals surface area contributed by atoms with Crippen molar-refractivity contribution in [3.63, 3.8) is 0 Å². The zero-order valence-electron chi connectivity index (χ0n) is 12.2. The molecule has 112 valence electrons. The second-order valence-corrected chi connectivity index (χ2v) is 5.63. The van der Waals surface area contributed by atoms with Gasteiger partial charge in [0, 0.05) is 24.8 Å². The molecule has 22 heavy (non-hydrogen) atoms.